The number of cyclic esters (lactones) is 1. The number of carbonyl (C=O) groups is 2. The maximum absolute atomic E-state index is 12.5. The van der Waals surface area contributed by atoms with Gasteiger partial charge in [-0.3, -0.25) is 4.79 Å². The topological polar surface area (TPSA) is 52.6 Å². The summed E-state index contributed by atoms with van der Waals surface area (Å²) in [5.41, 5.74) is 0.122. The number of hydrogen-bond donors (Lipinski definition) is 0. The Labute approximate surface area is 124 Å². The molecule has 4 nitrogen and oxygen atoms in total. The SMILES string of the molecule is C=C(C)C(=O)OC1CC2CC1C13CCCCC21C(=O)OC3. The number of fused-ring (bicyclic) bond motifs is 2. The Hall–Kier alpha value is -1.32. The van der Waals surface area contributed by atoms with Gasteiger partial charge in [-0.1, -0.05) is 19.4 Å². The van der Waals surface area contributed by atoms with Gasteiger partial charge in [0.1, 0.15) is 6.10 Å². The molecule has 5 atom stereocenters. The Balaban J connectivity index is 1.67. The van der Waals surface area contributed by atoms with Crippen molar-refractivity contribution in [2.24, 2.45) is 22.7 Å². The summed E-state index contributed by atoms with van der Waals surface area (Å²) in [7, 11) is 0. The summed E-state index contributed by atoms with van der Waals surface area (Å²) in [5.74, 6) is 0.355. The molecule has 2 bridgehead atoms. The van der Waals surface area contributed by atoms with E-state index in [9.17, 15) is 9.59 Å². The van der Waals surface area contributed by atoms with Gasteiger partial charge < -0.3 is 9.47 Å². The van der Waals surface area contributed by atoms with Crippen LogP contribution in [0.5, 0.6) is 0 Å². The van der Waals surface area contributed by atoms with Crippen molar-refractivity contribution < 1.29 is 19.1 Å². The van der Waals surface area contributed by atoms with Crippen LogP contribution in [0.15, 0.2) is 12.2 Å². The second-order valence-corrected chi connectivity index (χ2v) is 7.41. The smallest absolute Gasteiger partial charge is 0.333 e. The quantitative estimate of drug-likeness (QED) is 0.579. The average molecular weight is 290 g/mol. The van der Waals surface area contributed by atoms with Gasteiger partial charge in [-0.2, -0.15) is 0 Å². The molecule has 4 rings (SSSR count). The van der Waals surface area contributed by atoms with Gasteiger partial charge in [-0.15, -0.1) is 0 Å². The van der Waals surface area contributed by atoms with Crippen molar-refractivity contribution in [3.8, 4) is 0 Å². The molecule has 5 unspecified atom stereocenters. The predicted octanol–water partition coefficient (Wildman–Crippen LogP) is 2.62. The van der Waals surface area contributed by atoms with Gasteiger partial charge in [0.05, 0.1) is 12.0 Å². The summed E-state index contributed by atoms with van der Waals surface area (Å²) in [4.78, 5) is 24.4. The van der Waals surface area contributed by atoms with E-state index in [4.69, 9.17) is 9.47 Å². The fourth-order valence-electron chi connectivity index (χ4n) is 5.90. The van der Waals surface area contributed by atoms with Crippen molar-refractivity contribution in [3.05, 3.63) is 12.2 Å². The third-order valence-electron chi connectivity index (χ3n) is 6.68. The standard InChI is InChI=1S/C17H22O4/c1-10(2)14(18)21-13-8-11-7-12(13)16-5-3-4-6-17(11,16)15(19)20-9-16/h11-13H,1,3-9H2,2H3. The van der Waals surface area contributed by atoms with Gasteiger partial charge in [0.15, 0.2) is 0 Å². The lowest BCUT2D eigenvalue weighted by Gasteiger charge is -2.50. The predicted molar refractivity (Wildman–Crippen MR) is 75.2 cm³/mol. The number of rotatable bonds is 2. The van der Waals surface area contributed by atoms with Gasteiger partial charge in [0.2, 0.25) is 0 Å². The molecule has 0 radical (unpaired) electrons. The van der Waals surface area contributed by atoms with Crippen molar-refractivity contribution in [3.63, 3.8) is 0 Å². The van der Waals surface area contributed by atoms with E-state index in [0.717, 1.165) is 38.5 Å². The molecule has 3 saturated carbocycles. The molecular weight excluding hydrogens is 268 g/mol. The molecule has 0 aromatic heterocycles. The van der Waals surface area contributed by atoms with Crippen molar-refractivity contribution >= 4 is 11.9 Å². The first-order chi connectivity index (χ1) is 10.0. The first kappa shape index (κ1) is 13.4. The van der Waals surface area contributed by atoms with Crippen LogP contribution in [0.2, 0.25) is 0 Å². The van der Waals surface area contributed by atoms with E-state index in [2.05, 4.69) is 6.58 Å². The fourth-order valence-corrected chi connectivity index (χ4v) is 5.90. The lowest BCUT2D eigenvalue weighted by Crippen LogP contribution is -2.53. The van der Waals surface area contributed by atoms with Crippen LogP contribution in [0.4, 0.5) is 0 Å². The summed E-state index contributed by atoms with van der Waals surface area (Å²) in [5, 5.41) is 0. The van der Waals surface area contributed by atoms with E-state index in [0.29, 0.717) is 18.1 Å². The van der Waals surface area contributed by atoms with Crippen molar-refractivity contribution in [1.29, 1.82) is 0 Å². The number of ether oxygens (including phenoxy) is 2. The summed E-state index contributed by atoms with van der Waals surface area (Å²) in [6.45, 7) is 5.88. The fraction of sp³-hybridized carbons (Fsp3) is 0.765. The normalized spacial score (nSPS) is 46.7. The second kappa shape index (κ2) is 4.11. The average Bonchev–Trinajstić information content (AvgIpc) is 3.09. The van der Waals surface area contributed by atoms with Crippen molar-refractivity contribution in [2.45, 2.75) is 51.6 Å². The number of carbonyl (C=O) groups excluding carboxylic acids is 2. The van der Waals surface area contributed by atoms with Crippen molar-refractivity contribution in [1.82, 2.24) is 0 Å². The van der Waals surface area contributed by atoms with Crippen LogP contribution in [-0.2, 0) is 19.1 Å². The summed E-state index contributed by atoms with van der Waals surface area (Å²) in [6.07, 6.45) is 6.07. The number of esters is 2. The van der Waals surface area contributed by atoms with Crippen LogP contribution in [0.25, 0.3) is 0 Å². The molecule has 114 valence electrons. The molecule has 4 aliphatic rings. The Bertz CT molecular complexity index is 539. The molecule has 0 spiro atoms. The molecule has 0 aromatic rings. The highest BCUT2D eigenvalue weighted by atomic mass is 16.6. The lowest BCUT2D eigenvalue weighted by atomic mass is 9.51. The van der Waals surface area contributed by atoms with Crippen LogP contribution in [0.3, 0.4) is 0 Å². The Morgan fingerprint density at radius 3 is 2.86 bits per heavy atom. The van der Waals surface area contributed by atoms with E-state index in [-0.39, 0.29) is 34.8 Å². The first-order valence-electron chi connectivity index (χ1n) is 8.05. The minimum atomic E-state index is -0.296. The van der Waals surface area contributed by atoms with E-state index < -0.39 is 0 Å². The molecular formula is C17H22O4. The third kappa shape index (κ3) is 1.41. The minimum Gasteiger partial charge on any atom is -0.465 e. The molecule has 1 saturated heterocycles. The van der Waals surface area contributed by atoms with Crippen LogP contribution in [0.1, 0.15) is 45.4 Å². The molecule has 1 heterocycles. The Morgan fingerprint density at radius 1 is 1.33 bits per heavy atom. The second-order valence-electron chi connectivity index (χ2n) is 7.41. The van der Waals surface area contributed by atoms with Crippen molar-refractivity contribution in [2.75, 3.05) is 6.61 Å². The highest BCUT2D eigenvalue weighted by Crippen LogP contribution is 2.74. The molecule has 4 fully saturated rings. The maximum atomic E-state index is 12.5. The summed E-state index contributed by atoms with van der Waals surface area (Å²) >= 11 is 0. The molecule has 21 heavy (non-hydrogen) atoms. The van der Waals surface area contributed by atoms with Gasteiger partial charge >= 0.3 is 11.9 Å². The lowest BCUT2D eigenvalue weighted by molar-refractivity contribution is -0.161. The molecule has 4 heteroatoms. The van der Waals surface area contributed by atoms with Gasteiger partial charge in [0, 0.05) is 16.9 Å². The number of hydrogen-bond acceptors (Lipinski definition) is 4. The summed E-state index contributed by atoms with van der Waals surface area (Å²) < 4.78 is 11.2. The minimum absolute atomic E-state index is 0.0272. The van der Waals surface area contributed by atoms with Crippen LogP contribution in [-0.4, -0.2) is 24.6 Å². The van der Waals surface area contributed by atoms with Gasteiger partial charge in [0.25, 0.3) is 0 Å². The molecule has 0 N–H and O–H groups in total. The first-order valence-corrected chi connectivity index (χ1v) is 8.05. The highest BCUT2D eigenvalue weighted by molar-refractivity contribution is 5.87. The largest absolute Gasteiger partial charge is 0.465 e. The highest BCUT2D eigenvalue weighted by Gasteiger charge is 2.77. The Morgan fingerprint density at radius 2 is 2.10 bits per heavy atom. The van der Waals surface area contributed by atoms with E-state index in [1.54, 1.807) is 6.92 Å². The van der Waals surface area contributed by atoms with Crippen LogP contribution >= 0.6 is 0 Å². The van der Waals surface area contributed by atoms with Crippen LogP contribution < -0.4 is 0 Å². The third-order valence-corrected chi connectivity index (χ3v) is 6.68. The zero-order chi connectivity index (χ0) is 14.8. The molecule has 0 aromatic carbocycles. The summed E-state index contributed by atoms with van der Waals surface area (Å²) in [6, 6.07) is 0. The van der Waals surface area contributed by atoms with E-state index >= 15 is 0 Å². The van der Waals surface area contributed by atoms with Gasteiger partial charge in [-0.25, -0.2) is 4.79 Å². The van der Waals surface area contributed by atoms with E-state index in [1.165, 1.54) is 0 Å². The molecule has 1 aliphatic heterocycles. The van der Waals surface area contributed by atoms with Gasteiger partial charge in [-0.05, 0) is 38.5 Å². The Kier molecular flexibility index (Phi) is 2.61. The molecule has 3 aliphatic carbocycles. The monoisotopic (exact) mass is 290 g/mol. The van der Waals surface area contributed by atoms with E-state index in [1.807, 2.05) is 0 Å². The molecule has 0 amide bonds. The zero-order valence-electron chi connectivity index (χ0n) is 12.5. The zero-order valence-corrected chi connectivity index (χ0v) is 12.5. The van der Waals surface area contributed by atoms with Crippen LogP contribution in [0, 0.1) is 22.7 Å². The maximum Gasteiger partial charge on any atom is 0.333 e.